The fraction of sp³-hybridized carbons (Fsp3) is 0.409. The second-order valence-corrected chi connectivity index (χ2v) is 9.58. The Bertz CT molecular complexity index is 1020. The van der Waals surface area contributed by atoms with Gasteiger partial charge in [-0.15, -0.1) is 0 Å². The fourth-order valence-electron chi connectivity index (χ4n) is 3.44. The number of ether oxygens (including phenoxy) is 2. The molecule has 0 bridgehead atoms. The number of sulfonamides is 1. The molecule has 1 saturated heterocycles. The average molecular weight is 467 g/mol. The summed E-state index contributed by atoms with van der Waals surface area (Å²) in [6.45, 7) is 2.78. The zero-order valence-corrected chi connectivity index (χ0v) is 19.2. The van der Waals surface area contributed by atoms with Crippen LogP contribution in [0.3, 0.4) is 0 Å². The van der Waals surface area contributed by atoms with Crippen LogP contribution in [-0.4, -0.2) is 44.9 Å². The van der Waals surface area contributed by atoms with Crippen molar-refractivity contribution in [3.63, 3.8) is 0 Å². The molecule has 0 spiro atoms. The maximum atomic E-state index is 13.2. The number of hydrogen-bond donors (Lipinski definition) is 1. The van der Waals surface area contributed by atoms with Crippen molar-refractivity contribution >= 4 is 33.2 Å². The van der Waals surface area contributed by atoms with Crippen LogP contribution in [0.1, 0.15) is 32.6 Å². The van der Waals surface area contributed by atoms with Crippen LogP contribution in [0.5, 0.6) is 11.5 Å². The summed E-state index contributed by atoms with van der Waals surface area (Å²) in [4.78, 5) is 12.8. The number of piperidine rings is 1. The van der Waals surface area contributed by atoms with Crippen molar-refractivity contribution < 1.29 is 22.7 Å². The van der Waals surface area contributed by atoms with Crippen molar-refractivity contribution in [2.75, 3.05) is 25.5 Å². The number of carbonyl (C=O) groups excluding carboxylic acids is 1. The van der Waals surface area contributed by atoms with Crippen molar-refractivity contribution in [1.29, 1.82) is 0 Å². The van der Waals surface area contributed by atoms with Gasteiger partial charge in [0.15, 0.2) is 6.10 Å². The van der Waals surface area contributed by atoms with E-state index in [4.69, 9.17) is 21.1 Å². The summed E-state index contributed by atoms with van der Waals surface area (Å²) >= 11 is 6.13. The first-order valence-corrected chi connectivity index (χ1v) is 12.1. The molecule has 0 aromatic heterocycles. The van der Waals surface area contributed by atoms with Gasteiger partial charge in [-0.25, -0.2) is 8.42 Å². The summed E-state index contributed by atoms with van der Waals surface area (Å²) in [5, 5.41) is 3.16. The molecular formula is C22H27ClN2O5S. The molecule has 0 aliphatic carbocycles. The number of rotatable bonds is 8. The van der Waals surface area contributed by atoms with Crippen molar-refractivity contribution in [3.05, 3.63) is 47.5 Å². The summed E-state index contributed by atoms with van der Waals surface area (Å²) < 4.78 is 38.9. The summed E-state index contributed by atoms with van der Waals surface area (Å²) in [5.41, 5.74) is 0.350. The molecule has 1 fully saturated rings. The molecule has 1 aliphatic heterocycles. The lowest BCUT2D eigenvalue weighted by Gasteiger charge is -2.26. The van der Waals surface area contributed by atoms with Gasteiger partial charge < -0.3 is 14.8 Å². The van der Waals surface area contributed by atoms with Crippen LogP contribution < -0.4 is 14.8 Å². The molecule has 168 valence electrons. The van der Waals surface area contributed by atoms with Crippen LogP contribution in [0.2, 0.25) is 5.02 Å². The highest BCUT2D eigenvalue weighted by atomic mass is 35.5. The number of hydrogen-bond acceptors (Lipinski definition) is 5. The van der Waals surface area contributed by atoms with Gasteiger partial charge >= 0.3 is 0 Å². The topological polar surface area (TPSA) is 84.9 Å². The number of methoxy groups -OCH3 is 1. The highest BCUT2D eigenvalue weighted by molar-refractivity contribution is 7.89. The number of halogens is 1. The standard InChI is InChI=1S/C22H27ClN2O5S/c1-3-18(30-19-10-6-5-9-17(19)23)22(26)24-16-11-12-20(29-2)21(15-16)31(27,28)25-13-7-4-8-14-25/h5-6,9-12,15,18H,3-4,7-8,13-14H2,1-2H3,(H,24,26)/t18-/m0/s1. The third-order valence-corrected chi connectivity index (χ3v) is 7.37. The van der Waals surface area contributed by atoms with Gasteiger partial charge in [-0.3, -0.25) is 4.79 Å². The van der Waals surface area contributed by atoms with E-state index in [2.05, 4.69) is 5.32 Å². The molecule has 1 heterocycles. The third-order valence-electron chi connectivity index (χ3n) is 5.13. The van der Waals surface area contributed by atoms with Crippen LogP contribution >= 0.6 is 11.6 Å². The van der Waals surface area contributed by atoms with Crippen LogP contribution in [0.4, 0.5) is 5.69 Å². The molecule has 7 nitrogen and oxygen atoms in total. The molecule has 1 aliphatic rings. The fourth-order valence-corrected chi connectivity index (χ4v) is 5.32. The van der Waals surface area contributed by atoms with Gasteiger partial charge in [0.05, 0.1) is 12.1 Å². The summed E-state index contributed by atoms with van der Waals surface area (Å²) in [7, 11) is -2.31. The Balaban J connectivity index is 1.82. The molecule has 1 atom stereocenters. The number of amides is 1. The molecule has 1 N–H and O–H groups in total. The molecule has 3 rings (SSSR count). The Morgan fingerprint density at radius 1 is 1.13 bits per heavy atom. The van der Waals surface area contributed by atoms with Gasteiger partial charge in [0.1, 0.15) is 16.4 Å². The lowest BCUT2D eigenvalue weighted by Crippen LogP contribution is -2.36. The molecule has 9 heteroatoms. The maximum absolute atomic E-state index is 13.2. The van der Waals surface area contributed by atoms with Crippen molar-refractivity contribution in [3.8, 4) is 11.5 Å². The summed E-state index contributed by atoms with van der Waals surface area (Å²) in [5.74, 6) is 0.256. The highest BCUT2D eigenvalue weighted by Crippen LogP contribution is 2.31. The van der Waals surface area contributed by atoms with Gasteiger partial charge in [-0.05, 0) is 49.6 Å². The lowest BCUT2D eigenvalue weighted by atomic mass is 10.2. The number of nitrogens with one attached hydrogen (secondary N) is 1. The van der Waals surface area contributed by atoms with Gasteiger partial charge in [0, 0.05) is 18.8 Å². The van der Waals surface area contributed by atoms with Gasteiger partial charge in [0.2, 0.25) is 10.0 Å². The van der Waals surface area contributed by atoms with E-state index in [1.54, 1.807) is 36.4 Å². The van der Waals surface area contributed by atoms with E-state index in [-0.39, 0.29) is 10.6 Å². The summed E-state index contributed by atoms with van der Waals surface area (Å²) in [6.07, 6.45) is 2.30. The second kappa shape index (κ2) is 10.3. The predicted molar refractivity (Wildman–Crippen MR) is 120 cm³/mol. The van der Waals surface area contributed by atoms with Crippen molar-refractivity contribution in [2.45, 2.75) is 43.6 Å². The van der Waals surface area contributed by atoms with Gasteiger partial charge in [0.25, 0.3) is 5.91 Å². The monoisotopic (exact) mass is 466 g/mol. The van der Waals surface area contributed by atoms with E-state index in [0.29, 0.717) is 36.0 Å². The number of nitrogens with zero attached hydrogens (tertiary/aromatic N) is 1. The summed E-state index contributed by atoms with van der Waals surface area (Å²) in [6, 6.07) is 11.5. The number of carbonyl (C=O) groups is 1. The normalized spacial score (nSPS) is 15.8. The maximum Gasteiger partial charge on any atom is 0.265 e. The SMILES string of the molecule is CC[C@H](Oc1ccccc1Cl)C(=O)Nc1ccc(OC)c(S(=O)(=O)N2CCCCC2)c1. The number of benzene rings is 2. The van der Waals surface area contributed by atoms with Crippen molar-refractivity contribution in [1.82, 2.24) is 4.31 Å². The smallest absolute Gasteiger partial charge is 0.265 e. The Morgan fingerprint density at radius 2 is 1.84 bits per heavy atom. The average Bonchev–Trinajstić information content (AvgIpc) is 2.79. The van der Waals surface area contributed by atoms with Crippen LogP contribution in [0.15, 0.2) is 47.4 Å². The van der Waals surface area contributed by atoms with E-state index in [1.165, 1.54) is 17.5 Å². The minimum Gasteiger partial charge on any atom is -0.495 e. The first-order valence-electron chi connectivity index (χ1n) is 10.3. The zero-order chi connectivity index (χ0) is 22.4. The number of anilines is 1. The molecule has 1 amide bonds. The van der Waals surface area contributed by atoms with E-state index in [0.717, 1.165) is 19.3 Å². The minimum absolute atomic E-state index is 0.0368. The van der Waals surface area contributed by atoms with E-state index in [9.17, 15) is 13.2 Å². The lowest BCUT2D eigenvalue weighted by molar-refractivity contribution is -0.122. The molecule has 0 unspecified atom stereocenters. The van der Waals surface area contributed by atoms with Crippen LogP contribution in [0.25, 0.3) is 0 Å². The molecule has 0 saturated carbocycles. The van der Waals surface area contributed by atoms with Crippen LogP contribution in [-0.2, 0) is 14.8 Å². The van der Waals surface area contributed by atoms with E-state index < -0.39 is 22.0 Å². The molecule has 31 heavy (non-hydrogen) atoms. The first kappa shape index (κ1) is 23.4. The Labute approximate surface area is 188 Å². The Morgan fingerprint density at radius 3 is 2.48 bits per heavy atom. The van der Waals surface area contributed by atoms with E-state index >= 15 is 0 Å². The Hall–Kier alpha value is -2.29. The quantitative estimate of drug-likeness (QED) is 0.626. The van der Waals surface area contributed by atoms with Gasteiger partial charge in [-0.1, -0.05) is 37.1 Å². The first-order chi connectivity index (χ1) is 14.9. The second-order valence-electron chi connectivity index (χ2n) is 7.26. The van der Waals surface area contributed by atoms with Crippen LogP contribution in [0, 0.1) is 0 Å². The molecule has 0 radical (unpaired) electrons. The predicted octanol–water partition coefficient (Wildman–Crippen LogP) is 4.32. The number of para-hydroxylation sites is 1. The Kier molecular flexibility index (Phi) is 7.80. The highest BCUT2D eigenvalue weighted by Gasteiger charge is 2.29. The molecule has 2 aromatic carbocycles. The minimum atomic E-state index is -3.73. The third kappa shape index (κ3) is 5.50. The zero-order valence-electron chi connectivity index (χ0n) is 17.6. The van der Waals surface area contributed by atoms with E-state index in [1.807, 2.05) is 6.92 Å². The van der Waals surface area contributed by atoms with Crippen molar-refractivity contribution in [2.24, 2.45) is 0 Å². The molecular weight excluding hydrogens is 440 g/mol. The molecule has 2 aromatic rings. The van der Waals surface area contributed by atoms with Gasteiger partial charge in [-0.2, -0.15) is 4.31 Å². The largest absolute Gasteiger partial charge is 0.495 e.